The Morgan fingerprint density at radius 3 is 3.08 bits per heavy atom. The number of ether oxygens (including phenoxy) is 1. The molecule has 1 aliphatic heterocycles. The molecule has 1 N–H and O–H groups in total. The summed E-state index contributed by atoms with van der Waals surface area (Å²) in [6.45, 7) is 1.70. The Morgan fingerprint density at radius 1 is 1.46 bits per heavy atom. The van der Waals surface area contributed by atoms with Gasteiger partial charge in [0.2, 0.25) is 0 Å². The minimum Gasteiger partial charge on any atom is -0.381 e. The molecule has 1 saturated heterocycles. The fourth-order valence-corrected chi connectivity index (χ4v) is 1.83. The first-order valence-corrected chi connectivity index (χ1v) is 5.48. The predicted octanol–water partition coefficient (Wildman–Crippen LogP) is 3.18. The highest BCUT2D eigenvalue weighted by atomic mass is 32.2. The standard InChI is InChI=1S/C9H16FNOS/c10-13-9(11)4-3-8-2-1-6-12-7-5-8/h8,11H,1-7H2. The van der Waals surface area contributed by atoms with Crippen molar-refractivity contribution in [3.8, 4) is 0 Å². The van der Waals surface area contributed by atoms with E-state index < -0.39 is 0 Å². The average Bonchev–Trinajstić information content (AvgIpc) is 2.42. The molecule has 2 nitrogen and oxygen atoms in total. The Hall–Kier alpha value is -0.0900. The molecular weight excluding hydrogens is 189 g/mol. The van der Waals surface area contributed by atoms with Gasteiger partial charge in [-0.2, -0.15) is 3.89 Å². The summed E-state index contributed by atoms with van der Waals surface area (Å²) < 4.78 is 17.2. The van der Waals surface area contributed by atoms with E-state index in [2.05, 4.69) is 0 Å². The highest BCUT2D eigenvalue weighted by Gasteiger charge is 2.13. The third-order valence-corrected chi connectivity index (χ3v) is 2.83. The van der Waals surface area contributed by atoms with Crippen LogP contribution in [0.15, 0.2) is 0 Å². The first-order chi connectivity index (χ1) is 6.33. The van der Waals surface area contributed by atoms with Crippen molar-refractivity contribution in [2.45, 2.75) is 32.1 Å². The molecule has 0 saturated carbocycles. The summed E-state index contributed by atoms with van der Waals surface area (Å²) in [5.41, 5.74) is 0. The zero-order valence-corrected chi connectivity index (χ0v) is 8.54. The highest BCUT2D eigenvalue weighted by molar-refractivity contribution is 8.09. The van der Waals surface area contributed by atoms with E-state index in [1.54, 1.807) is 0 Å². The zero-order valence-electron chi connectivity index (χ0n) is 7.72. The molecule has 0 aromatic rings. The van der Waals surface area contributed by atoms with Gasteiger partial charge in [0.25, 0.3) is 0 Å². The molecule has 0 spiro atoms. The van der Waals surface area contributed by atoms with Crippen LogP contribution in [-0.2, 0) is 4.74 Å². The van der Waals surface area contributed by atoms with Gasteiger partial charge in [-0.05, 0) is 38.0 Å². The van der Waals surface area contributed by atoms with Crippen LogP contribution in [0.5, 0.6) is 0 Å². The van der Waals surface area contributed by atoms with Gasteiger partial charge >= 0.3 is 0 Å². The molecule has 0 radical (unpaired) electrons. The van der Waals surface area contributed by atoms with E-state index in [1.807, 2.05) is 0 Å². The van der Waals surface area contributed by atoms with Gasteiger partial charge in [-0.3, -0.25) is 5.41 Å². The lowest BCUT2D eigenvalue weighted by molar-refractivity contribution is 0.141. The second kappa shape index (κ2) is 6.38. The van der Waals surface area contributed by atoms with Crippen LogP contribution in [0.3, 0.4) is 0 Å². The van der Waals surface area contributed by atoms with Crippen molar-refractivity contribution in [3.05, 3.63) is 0 Å². The maximum Gasteiger partial charge on any atom is 0.0971 e. The molecule has 1 rings (SSSR count). The fraction of sp³-hybridized carbons (Fsp3) is 0.889. The summed E-state index contributed by atoms with van der Waals surface area (Å²) in [6.07, 6.45) is 4.89. The highest BCUT2D eigenvalue weighted by Crippen LogP contribution is 2.22. The molecule has 0 aromatic heterocycles. The number of halogens is 1. The van der Waals surface area contributed by atoms with Gasteiger partial charge in [-0.25, -0.2) is 0 Å². The van der Waals surface area contributed by atoms with Crippen LogP contribution >= 0.6 is 12.1 Å². The van der Waals surface area contributed by atoms with E-state index in [0.29, 0.717) is 12.3 Å². The van der Waals surface area contributed by atoms with E-state index in [-0.39, 0.29) is 17.2 Å². The van der Waals surface area contributed by atoms with Gasteiger partial charge in [-0.15, -0.1) is 0 Å². The molecule has 4 heteroatoms. The van der Waals surface area contributed by atoms with Gasteiger partial charge in [0.05, 0.1) is 17.2 Å². The summed E-state index contributed by atoms with van der Waals surface area (Å²) >= 11 is 0.0706. The molecule has 13 heavy (non-hydrogen) atoms. The maximum absolute atomic E-state index is 11.9. The van der Waals surface area contributed by atoms with Crippen LogP contribution in [0.25, 0.3) is 0 Å². The molecule has 1 heterocycles. The lowest BCUT2D eigenvalue weighted by Crippen LogP contribution is -2.03. The maximum atomic E-state index is 11.9. The Morgan fingerprint density at radius 2 is 2.31 bits per heavy atom. The van der Waals surface area contributed by atoms with Crippen molar-refractivity contribution in [2.24, 2.45) is 5.92 Å². The van der Waals surface area contributed by atoms with Crippen molar-refractivity contribution < 1.29 is 8.62 Å². The summed E-state index contributed by atoms with van der Waals surface area (Å²) in [5, 5.41) is 7.32. The Kier molecular flexibility index (Phi) is 5.39. The Labute approximate surface area is 83.0 Å². The van der Waals surface area contributed by atoms with Crippen molar-refractivity contribution in [2.75, 3.05) is 13.2 Å². The van der Waals surface area contributed by atoms with Crippen LogP contribution in [0.1, 0.15) is 32.1 Å². The molecule has 1 unspecified atom stereocenters. The quantitative estimate of drug-likeness (QED) is 0.567. The first-order valence-electron chi connectivity index (χ1n) is 4.76. The van der Waals surface area contributed by atoms with Crippen LogP contribution in [0.4, 0.5) is 3.89 Å². The number of hydrogen-bond donors (Lipinski definition) is 1. The summed E-state index contributed by atoms with van der Waals surface area (Å²) in [6, 6.07) is 0. The number of nitrogens with one attached hydrogen (secondary N) is 1. The second-order valence-corrected chi connectivity index (χ2v) is 4.10. The van der Waals surface area contributed by atoms with E-state index in [0.717, 1.165) is 32.5 Å². The summed E-state index contributed by atoms with van der Waals surface area (Å²) in [5.74, 6) is 0.634. The van der Waals surface area contributed by atoms with Crippen molar-refractivity contribution in [1.29, 1.82) is 5.41 Å². The molecule has 0 aliphatic carbocycles. The smallest absolute Gasteiger partial charge is 0.0971 e. The van der Waals surface area contributed by atoms with Crippen molar-refractivity contribution in [1.82, 2.24) is 0 Å². The third-order valence-electron chi connectivity index (χ3n) is 2.44. The van der Waals surface area contributed by atoms with E-state index in [9.17, 15) is 3.89 Å². The lowest BCUT2D eigenvalue weighted by atomic mass is 9.96. The fourth-order valence-electron chi connectivity index (χ4n) is 1.63. The van der Waals surface area contributed by atoms with E-state index in [4.69, 9.17) is 10.1 Å². The summed E-state index contributed by atoms with van der Waals surface area (Å²) in [7, 11) is 0. The first kappa shape index (κ1) is 11.0. The van der Waals surface area contributed by atoms with Crippen LogP contribution in [0.2, 0.25) is 0 Å². The molecule has 76 valence electrons. The lowest BCUT2D eigenvalue weighted by Gasteiger charge is -2.11. The minimum atomic E-state index is 0.0706. The van der Waals surface area contributed by atoms with Gasteiger partial charge in [-0.1, -0.05) is 0 Å². The number of rotatable bonds is 3. The van der Waals surface area contributed by atoms with Crippen LogP contribution < -0.4 is 0 Å². The largest absolute Gasteiger partial charge is 0.381 e. The Balaban J connectivity index is 2.15. The van der Waals surface area contributed by atoms with Gasteiger partial charge in [0.15, 0.2) is 0 Å². The normalized spacial score (nSPS) is 23.9. The number of hydrogen-bond acceptors (Lipinski definition) is 3. The Bertz CT molecular complexity index is 158. The van der Waals surface area contributed by atoms with Crippen molar-refractivity contribution >= 4 is 17.2 Å². The molecule has 0 aromatic carbocycles. The molecule has 1 aliphatic rings. The SMILES string of the molecule is N=C(CCC1CCCOCC1)SF. The molecule has 0 amide bonds. The van der Waals surface area contributed by atoms with Gasteiger partial charge in [0, 0.05) is 13.2 Å². The molecular formula is C9H16FNOS. The van der Waals surface area contributed by atoms with Gasteiger partial charge in [0.1, 0.15) is 0 Å². The van der Waals surface area contributed by atoms with E-state index in [1.165, 1.54) is 6.42 Å². The predicted molar refractivity (Wildman–Crippen MR) is 53.8 cm³/mol. The molecule has 1 fully saturated rings. The van der Waals surface area contributed by atoms with Crippen LogP contribution in [-0.4, -0.2) is 18.3 Å². The minimum absolute atomic E-state index is 0.0706. The molecule has 1 atom stereocenters. The second-order valence-electron chi connectivity index (χ2n) is 3.45. The topological polar surface area (TPSA) is 33.1 Å². The van der Waals surface area contributed by atoms with Crippen LogP contribution in [0, 0.1) is 11.3 Å². The third kappa shape index (κ3) is 4.62. The van der Waals surface area contributed by atoms with Gasteiger partial charge < -0.3 is 4.74 Å². The molecule has 0 bridgehead atoms. The average molecular weight is 205 g/mol. The monoisotopic (exact) mass is 205 g/mol. The summed E-state index contributed by atoms with van der Waals surface area (Å²) in [4.78, 5) is 0. The zero-order chi connectivity index (χ0) is 9.52. The van der Waals surface area contributed by atoms with Crippen molar-refractivity contribution in [3.63, 3.8) is 0 Å². The van der Waals surface area contributed by atoms with E-state index >= 15 is 0 Å².